The first-order valence-electron chi connectivity index (χ1n) is 14.4. The molecule has 0 aliphatic carbocycles. The third-order valence-electron chi connectivity index (χ3n) is 7.98. The van der Waals surface area contributed by atoms with Crippen LogP contribution in [-0.4, -0.2) is 63.6 Å². The van der Waals surface area contributed by atoms with Crippen LogP contribution in [0.2, 0.25) is 0 Å². The molecular formula is C31H40N6O4. The Morgan fingerprint density at radius 3 is 2.71 bits per heavy atom. The van der Waals surface area contributed by atoms with E-state index in [1.165, 1.54) is 0 Å². The van der Waals surface area contributed by atoms with Crippen LogP contribution >= 0.6 is 0 Å². The molecule has 10 heteroatoms. The summed E-state index contributed by atoms with van der Waals surface area (Å²) in [4.78, 5) is 18.8. The molecule has 0 unspecified atom stereocenters. The molecule has 2 aromatic carbocycles. The number of hydrogen-bond donors (Lipinski definition) is 1. The average molecular weight is 561 g/mol. The first kappa shape index (κ1) is 28.8. The number of hydrogen-bond acceptors (Lipinski definition) is 8. The molecule has 1 aliphatic rings. The van der Waals surface area contributed by atoms with E-state index in [1.54, 1.807) is 14.2 Å². The maximum atomic E-state index is 13.3. The zero-order valence-electron chi connectivity index (χ0n) is 24.6. The highest BCUT2D eigenvalue weighted by Gasteiger charge is 2.28. The number of H-pyrrole nitrogens is 1. The van der Waals surface area contributed by atoms with Crippen molar-refractivity contribution >= 4 is 10.9 Å². The van der Waals surface area contributed by atoms with Gasteiger partial charge >= 0.3 is 0 Å². The molecule has 218 valence electrons. The smallest absolute Gasteiger partial charge is 0.252 e. The van der Waals surface area contributed by atoms with Crippen LogP contribution in [0.1, 0.15) is 60.3 Å². The van der Waals surface area contributed by atoms with E-state index in [1.807, 2.05) is 35.9 Å². The Labute approximate surface area is 240 Å². The Morgan fingerprint density at radius 2 is 1.98 bits per heavy atom. The van der Waals surface area contributed by atoms with Crippen LogP contribution in [0.5, 0.6) is 11.5 Å². The van der Waals surface area contributed by atoms with Crippen LogP contribution in [-0.2, 0) is 24.2 Å². The van der Waals surface area contributed by atoms with Gasteiger partial charge in [0.25, 0.3) is 5.56 Å². The molecule has 1 saturated heterocycles. The molecule has 0 saturated carbocycles. The van der Waals surface area contributed by atoms with Gasteiger partial charge in [-0.1, -0.05) is 19.1 Å². The molecule has 2 atom stereocenters. The molecular weight excluding hydrogens is 520 g/mol. The Hall–Kier alpha value is -3.76. The second-order valence-electron chi connectivity index (χ2n) is 10.9. The van der Waals surface area contributed by atoms with E-state index in [9.17, 15) is 4.79 Å². The number of methoxy groups -OCH3 is 2. The Morgan fingerprint density at radius 1 is 1.15 bits per heavy atom. The quantitative estimate of drug-likeness (QED) is 0.270. The van der Waals surface area contributed by atoms with E-state index in [0.717, 1.165) is 65.7 Å². The van der Waals surface area contributed by atoms with Crippen molar-refractivity contribution in [1.29, 1.82) is 0 Å². The predicted octanol–water partition coefficient (Wildman–Crippen LogP) is 4.52. The largest absolute Gasteiger partial charge is 0.493 e. The highest BCUT2D eigenvalue weighted by atomic mass is 16.5. The van der Waals surface area contributed by atoms with Crippen LogP contribution in [0.15, 0.2) is 41.2 Å². The molecule has 5 rings (SSSR count). The van der Waals surface area contributed by atoms with Crippen molar-refractivity contribution in [1.82, 2.24) is 30.1 Å². The first-order valence-corrected chi connectivity index (χ1v) is 14.4. The van der Waals surface area contributed by atoms with Crippen molar-refractivity contribution in [3.8, 4) is 11.5 Å². The Balaban J connectivity index is 1.48. The number of fused-ring (bicyclic) bond motifs is 1. The van der Waals surface area contributed by atoms with Gasteiger partial charge in [-0.05, 0) is 90.9 Å². The summed E-state index contributed by atoms with van der Waals surface area (Å²) in [7, 11) is 3.28. The zero-order valence-corrected chi connectivity index (χ0v) is 24.6. The van der Waals surface area contributed by atoms with Gasteiger partial charge in [-0.15, -0.1) is 5.10 Å². The minimum Gasteiger partial charge on any atom is -0.493 e. The van der Waals surface area contributed by atoms with Crippen LogP contribution in [0.25, 0.3) is 10.9 Å². The topological polar surface area (TPSA) is 107 Å². The summed E-state index contributed by atoms with van der Waals surface area (Å²) in [6.45, 7) is 8.80. The van der Waals surface area contributed by atoms with Gasteiger partial charge < -0.3 is 19.2 Å². The summed E-state index contributed by atoms with van der Waals surface area (Å²) in [6, 6.07) is 12.1. The lowest BCUT2D eigenvalue weighted by Crippen LogP contribution is -2.34. The molecule has 0 spiro atoms. The lowest BCUT2D eigenvalue weighted by molar-refractivity contribution is 0.0893. The number of aromatic nitrogens is 5. The van der Waals surface area contributed by atoms with E-state index in [-0.39, 0.29) is 17.7 Å². The fourth-order valence-electron chi connectivity index (χ4n) is 5.87. The Bertz CT molecular complexity index is 1540. The zero-order chi connectivity index (χ0) is 28.9. The number of nitrogens with one attached hydrogen (secondary N) is 1. The van der Waals surface area contributed by atoms with Crippen molar-refractivity contribution in [3.63, 3.8) is 0 Å². The van der Waals surface area contributed by atoms with E-state index in [2.05, 4.69) is 51.4 Å². The molecule has 1 N–H and O–H groups in total. The predicted molar refractivity (Wildman–Crippen MR) is 158 cm³/mol. The van der Waals surface area contributed by atoms with Gasteiger partial charge in [-0.25, -0.2) is 4.68 Å². The third-order valence-corrected chi connectivity index (χ3v) is 7.98. The standard InChI is InChI=1S/C31H40N6O4/c1-6-27(30-33-34-35-37(30)19-24-8-7-13-41-24)36(12-11-22-9-10-28(39-4)29(16-22)40-5)18-23-17-25-21(3)14-20(2)15-26(25)32-31(23)38/h9-10,14-17,24,27H,6-8,11-13,18-19H2,1-5H3,(H,32,38)/t24-,27+/m1/s1. The van der Waals surface area contributed by atoms with E-state index in [4.69, 9.17) is 14.2 Å². The lowest BCUT2D eigenvalue weighted by Gasteiger charge is -2.30. The van der Waals surface area contributed by atoms with E-state index < -0.39 is 0 Å². The van der Waals surface area contributed by atoms with Crippen molar-refractivity contribution in [2.45, 2.75) is 71.7 Å². The number of tetrazole rings is 1. The number of aryl methyl sites for hydroxylation is 2. The molecule has 4 aromatic rings. The van der Waals surface area contributed by atoms with Gasteiger partial charge in [0.15, 0.2) is 17.3 Å². The number of benzene rings is 2. The van der Waals surface area contributed by atoms with Gasteiger partial charge in [0.2, 0.25) is 0 Å². The molecule has 10 nitrogen and oxygen atoms in total. The van der Waals surface area contributed by atoms with E-state index >= 15 is 0 Å². The summed E-state index contributed by atoms with van der Waals surface area (Å²) in [6.07, 6.45) is 3.70. The SMILES string of the molecule is CC[C@@H](c1nnnn1C[C@H]1CCCO1)N(CCc1ccc(OC)c(OC)c1)Cc1cc2c(C)cc(C)cc2[nH]c1=O. The van der Waals surface area contributed by atoms with Gasteiger partial charge in [0.05, 0.1) is 32.9 Å². The summed E-state index contributed by atoms with van der Waals surface area (Å²) in [5, 5.41) is 13.9. The first-order chi connectivity index (χ1) is 19.9. The number of rotatable bonds is 12. The maximum Gasteiger partial charge on any atom is 0.252 e. The van der Waals surface area contributed by atoms with Crippen LogP contribution < -0.4 is 15.0 Å². The van der Waals surface area contributed by atoms with Crippen molar-refractivity contribution in [2.75, 3.05) is 27.4 Å². The van der Waals surface area contributed by atoms with Crippen LogP contribution in [0.4, 0.5) is 0 Å². The highest BCUT2D eigenvalue weighted by molar-refractivity contribution is 5.83. The maximum absolute atomic E-state index is 13.3. The fraction of sp³-hybridized carbons (Fsp3) is 0.484. The van der Waals surface area contributed by atoms with Gasteiger partial charge in [0.1, 0.15) is 0 Å². The number of aromatic amines is 1. The van der Waals surface area contributed by atoms with E-state index in [0.29, 0.717) is 36.7 Å². The second kappa shape index (κ2) is 12.8. The fourth-order valence-corrected chi connectivity index (χ4v) is 5.87. The molecule has 3 heterocycles. The lowest BCUT2D eigenvalue weighted by atomic mass is 10.0. The third kappa shape index (κ3) is 6.44. The van der Waals surface area contributed by atoms with Gasteiger partial charge in [-0.3, -0.25) is 9.69 Å². The minimum atomic E-state index is -0.0965. The van der Waals surface area contributed by atoms with Gasteiger partial charge in [0, 0.05) is 36.2 Å². The van der Waals surface area contributed by atoms with Crippen molar-refractivity contribution < 1.29 is 14.2 Å². The molecule has 1 fully saturated rings. The van der Waals surface area contributed by atoms with Crippen LogP contribution in [0.3, 0.4) is 0 Å². The molecule has 0 amide bonds. The molecule has 0 radical (unpaired) electrons. The molecule has 1 aliphatic heterocycles. The highest BCUT2D eigenvalue weighted by Crippen LogP contribution is 2.30. The van der Waals surface area contributed by atoms with Crippen LogP contribution in [0, 0.1) is 13.8 Å². The second-order valence-corrected chi connectivity index (χ2v) is 10.9. The molecule has 2 aromatic heterocycles. The number of pyridine rings is 1. The average Bonchev–Trinajstić information content (AvgIpc) is 3.65. The molecule has 0 bridgehead atoms. The van der Waals surface area contributed by atoms with Crippen molar-refractivity contribution in [3.05, 3.63) is 74.8 Å². The monoisotopic (exact) mass is 560 g/mol. The summed E-state index contributed by atoms with van der Waals surface area (Å²) < 4.78 is 18.7. The summed E-state index contributed by atoms with van der Waals surface area (Å²) in [5.74, 6) is 2.18. The Kier molecular flexibility index (Phi) is 8.99. The number of ether oxygens (including phenoxy) is 3. The normalized spacial score (nSPS) is 16.0. The van der Waals surface area contributed by atoms with Crippen molar-refractivity contribution in [2.24, 2.45) is 0 Å². The minimum absolute atomic E-state index is 0.0765. The molecule has 41 heavy (non-hydrogen) atoms. The summed E-state index contributed by atoms with van der Waals surface area (Å²) >= 11 is 0. The van der Waals surface area contributed by atoms with Gasteiger partial charge in [-0.2, -0.15) is 0 Å². The summed E-state index contributed by atoms with van der Waals surface area (Å²) in [5.41, 5.74) is 4.88. The number of nitrogens with zero attached hydrogens (tertiary/aromatic N) is 5.